The van der Waals surface area contributed by atoms with Crippen molar-refractivity contribution in [3.8, 4) is 0 Å². The van der Waals surface area contributed by atoms with Gasteiger partial charge >= 0.3 is 0 Å². The third-order valence-corrected chi connectivity index (χ3v) is 3.47. The van der Waals surface area contributed by atoms with E-state index < -0.39 is 6.04 Å². The molecule has 0 bridgehead atoms. The SMILES string of the molecule is Cc1cc(NC(=O)C(C)n2nc(C3CC3)ccc2=O)no1. The molecule has 1 aliphatic rings. The number of hydrogen-bond donors (Lipinski definition) is 1. The zero-order valence-corrected chi connectivity index (χ0v) is 11.9. The number of anilines is 1. The first-order valence-electron chi connectivity index (χ1n) is 6.88. The molecule has 1 saturated carbocycles. The minimum absolute atomic E-state index is 0.293. The summed E-state index contributed by atoms with van der Waals surface area (Å²) in [5.41, 5.74) is 0.574. The Kier molecular flexibility index (Phi) is 3.32. The first kappa shape index (κ1) is 13.5. The number of nitrogens with one attached hydrogen (secondary N) is 1. The van der Waals surface area contributed by atoms with Gasteiger partial charge in [-0.1, -0.05) is 5.16 Å². The molecule has 0 aliphatic heterocycles. The van der Waals surface area contributed by atoms with Crippen LogP contribution in [-0.4, -0.2) is 20.8 Å². The van der Waals surface area contributed by atoms with Crippen LogP contribution in [0.3, 0.4) is 0 Å². The van der Waals surface area contributed by atoms with Crippen molar-refractivity contribution in [1.82, 2.24) is 14.9 Å². The Morgan fingerprint density at radius 3 is 2.86 bits per heavy atom. The van der Waals surface area contributed by atoms with Crippen LogP contribution in [0.4, 0.5) is 5.82 Å². The van der Waals surface area contributed by atoms with Crippen molar-refractivity contribution in [2.45, 2.75) is 38.6 Å². The maximum absolute atomic E-state index is 12.2. The number of nitrogens with zero attached hydrogens (tertiary/aromatic N) is 3. The Hall–Kier alpha value is -2.44. The molecular weight excluding hydrogens is 272 g/mol. The summed E-state index contributed by atoms with van der Waals surface area (Å²) in [6.45, 7) is 3.37. The standard InChI is InChI=1S/C14H16N4O3/c1-8-7-12(17-21-8)15-14(20)9(2)18-13(19)6-5-11(16-18)10-3-4-10/h5-7,9-10H,3-4H2,1-2H3,(H,15,17,20). The fraction of sp³-hybridized carbons (Fsp3) is 0.429. The smallest absolute Gasteiger partial charge is 0.267 e. The number of carbonyl (C=O) groups is 1. The van der Waals surface area contributed by atoms with Gasteiger partial charge in [-0.15, -0.1) is 0 Å². The van der Waals surface area contributed by atoms with Crippen LogP contribution in [0.5, 0.6) is 0 Å². The summed E-state index contributed by atoms with van der Waals surface area (Å²) in [5.74, 6) is 0.996. The Balaban J connectivity index is 1.80. The van der Waals surface area contributed by atoms with Crippen LogP contribution in [0.15, 0.2) is 27.5 Å². The van der Waals surface area contributed by atoms with Gasteiger partial charge in [0.25, 0.3) is 5.56 Å². The van der Waals surface area contributed by atoms with Crippen LogP contribution in [0, 0.1) is 6.92 Å². The Bertz CT molecular complexity index is 730. The number of aryl methyl sites for hydroxylation is 1. The molecule has 2 aromatic rings. The largest absolute Gasteiger partial charge is 0.360 e. The van der Waals surface area contributed by atoms with E-state index in [0.717, 1.165) is 18.5 Å². The molecular formula is C14H16N4O3. The van der Waals surface area contributed by atoms with E-state index in [1.807, 2.05) is 0 Å². The van der Waals surface area contributed by atoms with Gasteiger partial charge in [-0.2, -0.15) is 5.10 Å². The lowest BCUT2D eigenvalue weighted by Crippen LogP contribution is -2.33. The van der Waals surface area contributed by atoms with Crippen LogP contribution in [0.1, 0.15) is 43.2 Å². The first-order chi connectivity index (χ1) is 10.0. The fourth-order valence-corrected chi connectivity index (χ4v) is 2.08. The highest BCUT2D eigenvalue weighted by Gasteiger charge is 2.27. The molecule has 2 heterocycles. The number of aromatic nitrogens is 3. The van der Waals surface area contributed by atoms with Gasteiger partial charge < -0.3 is 9.84 Å². The van der Waals surface area contributed by atoms with Crippen LogP contribution in [0.2, 0.25) is 0 Å². The van der Waals surface area contributed by atoms with Crippen molar-refractivity contribution in [2.24, 2.45) is 0 Å². The molecule has 1 atom stereocenters. The van der Waals surface area contributed by atoms with E-state index in [1.165, 1.54) is 10.7 Å². The summed E-state index contributed by atoms with van der Waals surface area (Å²) in [5, 5.41) is 10.6. The Morgan fingerprint density at radius 1 is 1.48 bits per heavy atom. The van der Waals surface area contributed by atoms with E-state index in [-0.39, 0.29) is 11.5 Å². The van der Waals surface area contributed by atoms with Gasteiger partial charge in [0.1, 0.15) is 11.8 Å². The second-order valence-electron chi connectivity index (χ2n) is 5.30. The van der Waals surface area contributed by atoms with Crippen LogP contribution >= 0.6 is 0 Å². The number of amides is 1. The molecule has 0 radical (unpaired) electrons. The molecule has 1 unspecified atom stereocenters. The highest BCUT2D eigenvalue weighted by atomic mass is 16.5. The number of rotatable bonds is 4. The third-order valence-electron chi connectivity index (χ3n) is 3.47. The summed E-state index contributed by atoms with van der Waals surface area (Å²) in [4.78, 5) is 24.1. The predicted molar refractivity (Wildman–Crippen MR) is 75.1 cm³/mol. The Morgan fingerprint density at radius 2 is 2.24 bits per heavy atom. The molecule has 0 aromatic carbocycles. The third kappa shape index (κ3) is 2.86. The molecule has 1 N–H and O–H groups in total. The van der Waals surface area contributed by atoms with Crippen molar-refractivity contribution in [3.05, 3.63) is 40.0 Å². The zero-order chi connectivity index (χ0) is 15.0. The van der Waals surface area contributed by atoms with Crippen molar-refractivity contribution >= 4 is 11.7 Å². The minimum Gasteiger partial charge on any atom is -0.360 e. The average Bonchev–Trinajstić information content (AvgIpc) is 3.22. The first-order valence-corrected chi connectivity index (χ1v) is 6.88. The predicted octanol–water partition coefficient (Wildman–Crippen LogP) is 1.62. The molecule has 21 heavy (non-hydrogen) atoms. The fourth-order valence-electron chi connectivity index (χ4n) is 2.08. The summed E-state index contributed by atoms with van der Waals surface area (Å²) in [6, 6.07) is 4.10. The van der Waals surface area contributed by atoms with Gasteiger partial charge in [0.05, 0.1) is 5.69 Å². The second-order valence-corrected chi connectivity index (χ2v) is 5.30. The lowest BCUT2D eigenvalue weighted by molar-refractivity contribution is -0.119. The molecule has 0 saturated heterocycles. The molecule has 7 heteroatoms. The van der Waals surface area contributed by atoms with Gasteiger partial charge in [0, 0.05) is 18.1 Å². The molecule has 0 spiro atoms. The second kappa shape index (κ2) is 5.16. The summed E-state index contributed by atoms with van der Waals surface area (Å²) in [7, 11) is 0. The number of carbonyl (C=O) groups excluding carboxylic acids is 1. The summed E-state index contributed by atoms with van der Waals surface area (Å²) >= 11 is 0. The zero-order valence-electron chi connectivity index (χ0n) is 11.9. The van der Waals surface area contributed by atoms with Crippen molar-refractivity contribution in [3.63, 3.8) is 0 Å². The molecule has 1 aliphatic carbocycles. The lowest BCUT2D eigenvalue weighted by Gasteiger charge is -2.13. The molecule has 2 aromatic heterocycles. The minimum atomic E-state index is -0.715. The van der Waals surface area contributed by atoms with Gasteiger partial charge in [-0.25, -0.2) is 4.68 Å². The highest BCUT2D eigenvalue weighted by molar-refractivity contribution is 5.92. The lowest BCUT2D eigenvalue weighted by atomic mass is 10.2. The van der Waals surface area contributed by atoms with Crippen molar-refractivity contribution in [2.75, 3.05) is 5.32 Å². The molecule has 1 fully saturated rings. The van der Waals surface area contributed by atoms with E-state index in [4.69, 9.17) is 4.52 Å². The molecule has 110 valence electrons. The van der Waals surface area contributed by atoms with E-state index in [2.05, 4.69) is 15.6 Å². The summed E-state index contributed by atoms with van der Waals surface area (Å²) < 4.78 is 6.10. The maximum Gasteiger partial charge on any atom is 0.267 e. The van der Waals surface area contributed by atoms with E-state index in [0.29, 0.717) is 17.5 Å². The normalized spacial score (nSPS) is 15.7. The quantitative estimate of drug-likeness (QED) is 0.923. The summed E-state index contributed by atoms with van der Waals surface area (Å²) in [6.07, 6.45) is 2.17. The van der Waals surface area contributed by atoms with Crippen LogP contribution < -0.4 is 10.9 Å². The van der Waals surface area contributed by atoms with Crippen LogP contribution in [0.25, 0.3) is 0 Å². The van der Waals surface area contributed by atoms with Gasteiger partial charge in [-0.05, 0) is 32.8 Å². The maximum atomic E-state index is 12.2. The highest BCUT2D eigenvalue weighted by Crippen LogP contribution is 2.38. The molecule has 7 nitrogen and oxygen atoms in total. The van der Waals surface area contributed by atoms with Gasteiger partial charge in [0.2, 0.25) is 5.91 Å². The Labute approximate surface area is 120 Å². The van der Waals surface area contributed by atoms with E-state index in [9.17, 15) is 9.59 Å². The van der Waals surface area contributed by atoms with E-state index >= 15 is 0 Å². The topological polar surface area (TPSA) is 90.0 Å². The van der Waals surface area contributed by atoms with Gasteiger partial charge in [-0.3, -0.25) is 9.59 Å². The van der Waals surface area contributed by atoms with E-state index in [1.54, 1.807) is 26.0 Å². The van der Waals surface area contributed by atoms with Gasteiger partial charge in [0.15, 0.2) is 5.82 Å². The monoisotopic (exact) mass is 288 g/mol. The van der Waals surface area contributed by atoms with Crippen LogP contribution in [-0.2, 0) is 4.79 Å². The molecule has 3 rings (SSSR count). The van der Waals surface area contributed by atoms with Crippen molar-refractivity contribution < 1.29 is 9.32 Å². The number of hydrogen-bond acceptors (Lipinski definition) is 5. The van der Waals surface area contributed by atoms with Crippen molar-refractivity contribution in [1.29, 1.82) is 0 Å². The average molecular weight is 288 g/mol. The molecule has 1 amide bonds.